The molecule has 3 N–H and O–H groups in total. The lowest BCUT2D eigenvalue weighted by molar-refractivity contribution is -0.384. The van der Waals surface area contributed by atoms with E-state index < -0.39 is 51.7 Å². The number of non-ortho nitro benzene ring substituents is 1. The molecule has 0 spiro atoms. The summed E-state index contributed by atoms with van der Waals surface area (Å²) < 4.78 is 5.19. The molecule has 2 saturated heterocycles. The molecule has 2 aliphatic heterocycles. The fourth-order valence-corrected chi connectivity index (χ4v) is 5.38. The number of imide groups is 1. The van der Waals surface area contributed by atoms with E-state index in [9.17, 15) is 34.7 Å². The Morgan fingerprint density at radius 2 is 1.81 bits per heavy atom. The zero-order valence-corrected chi connectivity index (χ0v) is 20.2. The van der Waals surface area contributed by atoms with E-state index in [2.05, 4.69) is 5.32 Å². The summed E-state index contributed by atoms with van der Waals surface area (Å²) in [7, 11) is 1.37. The Balaban J connectivity index is 1.88. The molecular formula is C25H27N3O8. The number of hydrogen-bond acceptors (Lipinski definition) is 8. The van der Waals surface area contributed by atoms with Crippen LogP contribution in [0.2, 0.25) is 0 Å². The molecule has 2 aromatic rings. The van der Waals surface area contributed by atoms with Gasteiger partial charge in [-0.2, -0.15) is 0 Å². The number of likely N-dealkylation sites (tertiary alicyclic amines) is 1. The second-order valence-electron chi connectivity index (χ2n) is 10.1. The number of methoxy groups -OCH3 is 1. The number of fused-ring (bicyclic) bond motifs is 1. The number of hydrogen-bond donors (Lipinski definition) is 3. The molecule has 11 nitrogen and oxygen atoms in total. The molecule has 4 rings (SSSR count). The average molecular weight is 498 g/mol. The summed E-state index contributed by atoms with van der Waals surface area (Å²) in [6.07, 6.45) is -0.222. The van der Waals surface area contributed by atoms with E-state index in [1.54, 1.807) is 32.9 Å². The van der Waals surface area contributed by atoms with Gasteiger partial charge in [0.1, 0.15) is 5.54 Å². The van der Waals surface area contributed by atoms with Gasteiger partial charge in [-0.25, -0.2) is 0 Å². The average Bonchev–Trinajstić information content (AvgIpc) is 3.28. The molecule has 0 saturated carbocycles. The van der Waals surface area contributed by atoms with E-state index in [1.165, 1.54) is 37.4 Å². The number of nitrogens with zero attached hydrogens (tertiary/aromatic N) is 2. The number of benzene rings is 2. The number of nitrogens with one attached hydrogen (secondary N) is 1. The van der Waals surface area contributed by atoms with Crippen LogP contribution in [-0.4, -0.2) is 56.0 Å². The third-order valence-electron chi connectivity index (χ3n) is 6.92. The highest BCUT2D eigenvalue weighted by Gasteiger charge is 2.69. The van der Waals surface area contributed by atoms with Gasteiger partial charge in [0.25, 0.3) is 5.69 Å². The Kier molecular flexibility index (Phi) is 5.99. The van der Waals surface area contributed by atoms with Crippen molar-refractivity contribution in [2.75, 3.05) is 7.11 Å². The lowest BCUT2D eigenvalue weighted by atomic mass is 9.76. The lowest BCUT2D eigenvalue weighted by Crippen LogP contribution is -2.58. The van der Waals surface area contributed by atoms with Gasteiger partial charge in [0, 0.05) is 35.7 Å². The van der Waals surface area contributed by atoms with E-state index in [1.807, 2.05) is 0 Å². The van der Waals surface area contributed by atoms with Crippen molar-refractivity contribution in [3.63, 3.8) is 0 Å². The van der Waals surface area contributed by atoms with Crippen LogP contribution in [-0.2, 0) is 20.8 Å². The fourth-order valence-electron chi connectivity index (χ4n) is 5.38. The van der Waals surface area contributed by atoms with Crippen molar-refractivity contribution in [3.05, 3.63) is 63.7 Å². The first kappa shape index (κ1) is 25.1. The van der Waals surface area contributed by atoms with Gasteiger partial charge in [-0.15, -0.1) is 0 Å². The first-order chi connectivity index (χ1) is 16.8. The number of aromatic hydroxyl groups is 1. The second-order valence-corrected chi connectivity index (χ2v) is 10.1. The SMILES string of the molecule is COc1cccc(C2NC(Cc3ccc([N+](=O)[O-])cc3)(C(=O)O)C3C(=O)N(C(C)(C)C)C(=O)C23)c1O. The zero-order valence-electron chi connectivity index (χ0n) is 20.2. The van der Waals surface area contributed by atoms with Gasteiger partial charge in [-0.05, 0) is 32.4 Å². The van der Waals surface area contributed by atoms with E-state index in [4.69, 9.17) is 4.74 Å². The molecule has 2 aromatic carbocycles. The topological polar surface area (TPSA) is 159 Å². The van der Waals surface area contributed by atoms with Crippen molar-refractivity contribution in [1.29, 1.82) is 0 Å². The monoisotopic (exact) mass is 497 g/mol. The van der Waals surface area contributed by atoms with Gasteiger partial charge in [-0.1, -0.05) is 24.3 Å². The number of amides is 2. The van der Waals surface area contributed by atoms with Crippen LogP contribution < -0.4 is 10.1 Å². The number of carbonyl (C=O) groups excluding carboxylic acids is 2. The van der Waals surface area contributed by atoms with E-state index in [-0.39, 0.29) is 29.2 Å². The van der Waals surface area contributed by atoms with Gasteiger partial charge in [0.2, 0.25) is 11.8 Å². The van der Waals surface area contributed by atoms with Crippen LogP contribution in [0.5, 0.6) is 11.5 Å². The Labute approximate surface area is 206 Å². The molecule has 2 amide bonds. The minimum atomic E-state index is -1.92. The molecule has 190 valence electrons. The molecule has 11 heteroatoms. The van der Waals surface area contributed by atoms with Gasteiger partial charge >= 0.3 is 5.97 Å². The summed E-state index contributed by atoms with van der Waals surface area (Å²) in [6, 6.07) is 9.03. The maximum Gasteiger partial charge on any atom is 0.325 e. The quantitative estimate of drug-likeness (QED) is 0.309. The number of para-hydroxylation sites is 1. The van der Waals surface area contributed by atoms with Gasteiger partial charge < -0.3 is 14.9 Å². The number of aliphatic carboxylic acids is 1. The standard InChI is InChI=1S/C25H27N3O8/c1-24(2,3)27-21(30)17-18(22(27)31)25(23(32)33,12-13-8-10-14(11-9-13)28(34)35)26-19(17)15-6-5-7-16(36-4)20(15)29/h5-11,17-19,26,29H,12H2,1-4H3,(H,32,33). The molecule has 0 bridgehead atoms. The highest BCUT2D eigenvalue weighted by atomic mass is 16.6. The van der Waals surface area contributed by atoms with Crippen molar-refractivity contribution in [2.45, 2.75) is 44.3 Å². The third-order valence-corrected chi connectivity index (χ3v) is 6.92. The van der Waals surface area contributed by atoms with Crippen LogP contribution in [0.3, 0.4) is 0 Å². The Morgan fingerprint density at radius 3 is 2.33 bits per heavy atom. The highest BCUT2D eigenvalue weighted by Crippen LogP contribution is 2.53. The summed E-state index contributed by atoms with van der Waals surface area (Å²) in [5, 5.41) is 35.4. The lowest BCUT2D eigenvalue weighted by Gasteiger charge is -2.35. The van der Waals surface area contributed by atoms with Gasteiger partial charge in [0.15, 0.2) is 11.5 Å². The van der Waals surface area contributed by atoms with Crippen molar-refractivity contribution >= 4 is 23.5 Å². The van der Waals surface area contributed by atoms with Crippen LogP contribution >= 0.6 is 0 Å². The first-order valence-corrected chi connectivity index (χ1v) is 11.3. The van der Waals surface area contributed by atoms with E-state index in [0.717, 1.165) is 4.90 Å². The number of rotatable bonds is 6. The number of carbonyl (C=O) groups is 3. The number of nitro benzene ring substituents is 1. The zero-order chi connectivity index (χ0) is 26.6. The van der Waals surface area contributed by atoms with Crippen LogP contribution in [0.4, 0.5) is 5.69 Å². The number of nitro groups is 1. The maximum absolute atomic E-state index is 13.7. The molecule has 0 aliphatic carbocycles. The molecule has 0 aromatic heterocycles. The number of ether oxygens (including phenoxy) is 1. The Hall–Kier alpha value is -3.99. The normalized spacial score (nSPS) is 25.7. The van der Waals surface area contributed by atoms with Gasteiger partial charge in [0.05, 0.1) is 23.9 Å². The molecule has 2 heterocycles. The van der Waals surface area contributed by atoms with Crippen molar-refractivity contribution in [2.24, 2.45) is 11.8 Å². The number of phenolic OH excluding ortho intramolecular Hbond substituents is 1. The number of phenols is 1. The van der Waals surface area contributed by atoms with Gasteiger partial charge in [-0.3, -0.25) is 34.7 Å². The van der Waals surface area contributed by atoms with E-state index in [0.29, 0.717) is 5.56 Å². The minimum Gasteiger partial charge on any atom is -0.504 e. The summed E-state index contributed by atoms with van der Waals surface area (Å²) in [5.41, 5.74) is -2.33. The van der Waals surface area contributed by atoms with Crippen LogP contribution in [0.1, 0.15) is 37.9 Å². The largest absolute Gasteiger partial charge is 0.504 e. The molecule has 36 heavy (non-hydrogen) atoms. The molecule has 4 unspecified atom stereocenters. The third kappa shape index (κ3) is 3.76. The van der Waals surface area contributed by atoms with Crippen molar-refractivity contribution in [3.8, 4) is 11.5 Å². The minimum absolute atomic E-state index is 0.137. The number of carboxylic acids is 1. The van der Waals surface area contributed by atoms with Crippen LogP contribution in [0.15, 0.2) is 42.5 Å². The molecular weight excluding hydrogens is 470 g/mol. The predicted molar refractivity (Wildman–Crippen MR) is 126 cm³/mol. The highest BCUT2D eigenvalue weighted by molar-refractivity contribution is 6.10. The second kappa shape index (κ2) is 8.59. The Morgan fingerprint density at radius 1 is 1.17 bits per heavy atom. The van der Waals surface area contributed by atoms with Crippen LogP contribution in [0, 0.1) is 22.0 Å². The smallest absolute Gasteiger partial charge is 0.325 e. The predicted octanol–water partition coefficient (Wildman–Crippen LogP) is 2.42. The van der Waals surface area contributed by atoms with Crippen molar-refractivity contribution < 1.29 is 34.3 Å². The van der Waals surface area contributed by atoms with Crippen LogP contribution in [0.25, 0.3) is 0 Å². The fraction of sp³-hybridized carbons (Fsp3) is 0.400. The summed E-state index contributed by atoms with van der Waals surface area (Å²) in [4.78, 5) is 51.8. The summed E-state index contributed by atoms with van der Waals surface area (Å²) in [6.45, 7) is 5.07. The van der Waals surface area contributed by atoms with E-state index >= 15 is 0 Å². The molecule has 2 aliphatic rings. The first-order valence-electron chi connectivity index (χ1n) is 11.3. The maximum atomic E-state index is 13.7. The van der Waals surface area contributed by atoms with Crippen molar-refractivity contribution in [1.82, 2.24) is 10.2 Å². The molecule has 4 atom stereocenters. The molecule has 2 fully saturated rings. The Bertz CT molecular complexity index is 1250. The summed E-state index contributed by atoms with van der Waals surface area (Å²) in [5.74, 6) is -5.03. The summed E-state index contributed by atoms with van der Waals surface area (Å²) >= 11 is 0. The number of carboxylic acid groups (broad SMARTS) is 1. The molecule has 0 radical (unpaired) electrons.